The molecule has 0 fully saturated rings. The van der Waals surface area contributed by atoms with Crippen LogP contribution in [-0.4, -0.2) is 70.0 Å². The SMILES string of the molecule is CCCCC/C=C\C/C=C\C/C=C\CCCCCCC(=O)O[C@H](COC(=O)CCCCCCCCCCCCCCCCC)COP(=O)([O-])OCC[N+](C)(C)C. The zero-order valence-electron chi connectivity index (χ0n) is 36.8. The van der Waals surface area contributed by atoms with Gasteiger partial charge in [-0.05, 0) is 51.4 Å². The van der Waals surface area contributed by atoms with Gasteiger partial charge in [0.1, 0.15) is 19.8 Å². The number of unbranched alkanes of at least 4 members (excludes halogenated alkanes) is 21. The summed E-state index contributed by atoms with van der Waals surface area (Å²) in [4.78, 5) is 37.5. The van der Waals surface area contributed by atoms with Crippen LogP contribution in [0, 0.1) is 0 Å². The van der Waals surface area contributed by atoms with E-state index in [9.17, 15) is 19.0 Å². The number of allylic oxidation sites excluding steroid dienone is 6. The van der Waals surface area contributed by atoms with Gasteiger partial charge in [-0.3, -0.25) is 14.2 Å². The second-order valence-corrected chi connectivity index (χ2v) is 17.8. The standard InChI is InChI=1S/C46H86NO8P/c1-6-8-10-12-14-16-18-20-22-23-25-27-29-31-33-35-37-39-46(49)55-44(43-54-56(50,51)53-41-40-47(3,4)5)42-52-45(48)38-36-34-32-30-28-26-24-21-19-17-15-13-11-9-7-2/h14,16,20,22,25,27,44H,6-13,15,17-19,21,23-24,26,28-43H2,1-5H3/b16-14-,22-20-,27-25-/t44-/m1/s1. The summed E-state index contributed by atoms with van der Waals surface area (Å²) < 4.78 is 33.9. The molecule has 0 aromatic heterocycles. The number of quaternary nitrogens is 1. The Hall–Kier alpha value is -1.77. The van der Waals surface area contributed by atoms with Crippen LogP contribution in [0.5, 0.6) is 0 Å². The number of hydrogen-bond acceptors (Lipinski definition) is 8. The van der Waals surface area contributed by atoms with Crippen molar-refractivity contribution >= 4 is 19.8 Å². The van der Waals surface area contributed by atoms with Crippen molar-refractivity contribution in [2.24, 2.45) is 0 Å². The number of esters is 2. The average Bonchev–Trinajstić information content (AvgIpc) is 3.15. The number of hydrogen-bond donors (Lipinski definition) is 0. The second kappa shape index (κ2) is 38.7. The van der Waals surface area contributed by atoms with Gasteiger partial charge >= 0.3 is 11.9 Å². The lowest BCUT2D eigenvalue weighted by molar-refractivity contribution is -0.870. The molecule has 1 unspecified atom stereocenters. The van der Waals surface area contributed by atoms with E-state index in [0.29, 0.717) is 17.4 Å². The maximum absolute atomic E-state index is 12.7. The molecule has 0 N–H and O–H groups in total. The Balaban J connectivity index is 4.38. The summed E-state index contributed by atoms with van der Waals surface area (Å²) in [6.07, 6.45) is 43.1. The lowest BCUT2D eigenvalue weighted by atomic mass is 10.0. The topological polar surface area (TPSA) is 111 Å². The smallest absolute Gasteiger partial charge is 0.306 e. The summed E-state index contributed by atoms with van der Waals surface area (Å²) in [5.41, 5.74) is 0. The van der Waals surface area contributed by atoms with Crippen molar-refractivity contribution in [1.29, 1.82) is 0 Å². The molecule has 10 heteroatoms. The molecule has 0 radical (unpaired) electrons. The van der Waals surface area contributed by atoms with Crippen molar-refractivity contribution in [1.82, 2.24) is 0 Å². The quantitative estimate of drug-likeness (QED) is 0.0197. The number of nitrogens with zero attached hydrogens (tertiary/aromatic N) is 1. The van der Waals surface area contributed by atoms with Crippen molar-refractivity contribution in [3.8, 4) is 0 Å². The van der Waals surface area contributed by atoms with Gasteiger partial charge in [0, 0.05) is 12.8 Å². The van der Waals surface area contributed by atoms with E-state index in [1.807, 2.05) is 21.1 Å². The van der Waals surface area contributed by atoms with Crippen LogP contribution in [-0.2, 0) is 32.7 Å². The van der Waals surface area contributed by atoms with E-state index >= 15 is 0 Å². The third-order valence-electron chi connectivity index (χ3n) is 9.66. The molecule has 9 nitrogen and oxygen atoms in total. The van der Waals surface area contributed by atoms with E-state index in [2.05, 4.69) is 50.3 Å². The zero-order chi connectivity index (χ0) is 41.4. The Labute approximate surface area is 344 Å². The molecule has 0 aliphatic rings. The summed E-state index contributed by atoms with van der Waals surface area (Å²) >= 11 is 0. The largest absolute Gasteiger partial charge is 0.756 e. The van der Waals surface area contributed by atoms with Crippen LogP contribution in [0.3, 0.4) is 0 Å². The Bertz CT molecular complexity index is 1050. The van der Waals surface area contributed by atoms with Gasteiger partial charge in [-0.1, -0.05) is 166 Å². The number of carbonyl (C=O) groups is 2. The van der Waals surface area contributed by atoms with Gasteiger partial charge in [0.25, 0.3) is 7.82 Å². The fraction of sp³-hybridized carbons (Fsp3) is 0.826. The van der Waals surface area contributed by atoms with Gasteiger partial charge in [-0.2, -0.15) is 0 Å². The van der Waals surface area contributed by atoms with E-state index < -0.39 is 26.5 Å². The summed E-state index contributed by atoms with van der Waals surface area (Å²) in [7, 11) is 1.15. The Morgan fingerprint density at radius 3 is 1.46 bits per heavy atom. The molecule has 56 heavy (non-hydrogen) atoms. The first kappa shape index (κ1) is 54.2. The zero-order valence-corrected chi connectivity index (χ0v) is 37.7. The second-order valence-electron chi connectivity index (χ2n) is 16.4. The molecule has 0 aromatic carbocycles. The lowest BCUT2D eigenvalue weighted by Gasteiger charge is -2.28. The van der Waals surface area contributed by atoms with E-state index in [4.69, 9.17) is 18.5 Å². The molecule has 2 atom stereocenters. The van der Waals surface area contributed by atoms with Crippen LogP contribution < -0.4 is 4.89 Å². The summed E-state index contributed by atoms with van der Waals surface area (Å²) in [5, 5.41) is 0. The molecule has 0 aliphatic heterocycles. The third kappa shape index (κ3) is 41.9. The van der Waals surface area contributed by atoms with Crippen molar-refractivity contribution in [3.63, 3.8) is 0 Å². The van der Waals surface area contributed by atoms with Crippen molar-refractivity contribution in [3.05, 3.63) is 36.5 Å². The first-order valence-corrected chi connectivity index (χ1v) is 24.2. The highest BCUT2D eigenvalue weighted by atomic mass is 31.2. The van der Waals surface area contributed by atoms with E-state index in [1.165, 1.54) is 103 Å². The minimum atomic E-state index is -4.63. The molecule has 0 aromatic rings. The number of rotatable bonds is 41. The van der Waals surface area contributed by atoms with Gasteiger partial charge < -0.3 is 27.9 Å². The maximum Gasteiger partial charge on any atom is 0.306 e. The predicted molar refractivity (Wildman–Crippen MR) is 231 cm³/mol. The molecule has 0 amide bonds. The summed E-state index contributed by atoms with van der Waals surface area (Å²) in [6.45, 7) is 4.18. The normalized spacial score (nSPS) is 13.9. The van der Waals surface area contributed by atoms with E-state index in [1.54, 1.807) is 0 Å². The highest BCUT2D eigenvalue weighted by Crippen LogP contribution is 2.38. The van der Waals surface area contributed by atoms with Crippen LogP contribution in [0.2, 0.25) is 0 Å². The molecule has 328 valence electrons. The van der Waals surface area contributed by atoms with Crippen LogP contribution in [0.1, 0.15) is 194 Å². The van der Waals surface area contributed by atoms with Crippen molar-refractivity contribution < 1.29 is 42.1 Å². The summed E-state index contributed by atoms with van der Waals surface area (Å²) in [6, 6.07) is 0. The Morgan fingerprint density at radius 2 is 0.964 bits per heavy atom. The number of phosphoric acid groups is 1. The van der Waals surface area contributed by atoms with Gasteiger partial charge in [0.2, 0.25) is 0 Å². The van der Waals surface area contributed by atoms with Crippen LogP contribution >= 0.6 is 7.82 Å². The van der Waals surface area contributed by atoms with Crippen LogP contribution in [0.25, 0.3) is 0 Å². The maximum atomic E-state index is 12.7. The van der Waals surface area contributed by atoms with Crippen molar-refractivity contribution in [2.75, 3.05) is 47.5 Å². The van der Waals surface area contributed by atoms with E-state index in [-0.39, 0.29) is 32.0 Å². The summed E-state index contributed by atoms with van der Waals surface area (Å²) in [5.74, 6) is -0.855. The molecule has 0 rings (SSSR count). The molecule has 0 saturated carbocycles. The molecule has 0 aliphatic carbocycles. The Kier molecular flexibility index (Phi) is 37.5. The molecule has 0 saturated heterocycles. The average molecular weight is 812 g/mol. The number of carbonyl (C=O) groups excluding carboxylic acids is 2. The van der Waals surface area contributed by atoms with Gasteiger partial charge in [-0.25, -0.2) is 0 Å². The van der Waals surface area contributed by atoms with Gasteiger partial charge in [-0.15, -0.1) is 0 Å². The van der Waals surface area contributed by atoms with Crippen molar-refractivity contribution in [2.45, 2.75) is 200 Å². The molecule has 0 heterocycles. The van der Waals surface area contributed by atoms with Gasteiger partial charge in [0.15, 0.2) is 6.10 Å². The monoisotopic (exact) mass is 812 g/mol. The molecular weight excluding hydrogens is 725 g/mol. The third-order valence-corrected chi connectivity index (χ3v) is 10.6. The molecule has 0 spiro atoms. The van der Waals surface area contributed by atoms with Crippen LogP contribution in [0.4, 0.5) is 0 Å². The number of ether oxygens (including phenoxy) is 2. The Morgan fingerprint density at radius 1 is 0.554 bits per heavy atom. The molecule has 0 bridgehead atoms. The minimum absolute atomic E-state index is 0.0348. The van der Waals surface area contributed by atoms with E-state index in [0.717, 1.165) is 57.8 Å². The predicted octanol–water partition coefficient (Wildman–Crippen LogP) is 12.3. The van der Waals surface area contributed by atoms with Crippen LogP contribution in [0.15, 0.2) is 36.5 Å². The number of likely N-dealkylation sites (N-methyl/N-ethyl adjacent to an activating group) is 1. The first-order chi connectivity index (χ1) is 27.0. The highest BCUT2D eigenvalue weighted by Gasteiger charge is 2.21. The fourth-order valence-electron chi connectivity index (χ4n) is 6.07. The highest BCUT2D eigenvalue weighted by molar-refractivity contribution is 7.45. The fourth-order valence-corrected chi connectivity index (χ4v) is 6.80. The lowest BCUT2D eigenvalue weighted by Crippen LogP contribution is -2.37. The minimum Gasteiger partial charge on any atom is -0.756 e. The molecular formula is C46H86NO8P. The van der Waals surface area contributed by atoms with Gasteiger partial charge in [0.05, 0.1) is 27.7 Å². The number of phosphoric ester groups is 1. The first-order valence-electron chi connectivity index (χ1n) is 22.7.